The predicted octanol–water partition coefficient (Wildman–Crippen LogP) is 4.54. The number of hydrogen-bond acceptors (Lipinski definition) is 5. The quantitative estimate of drug-likeness (QED) is 0.407. The summed E-state index contributed by atoms with van der Waals surface area (Å²) >= 11 is 0. The van der Waals surface area contributed by atoms with E-state index in [2.05, 4.69) is 5.32 Å². The third-order valence-corrected chi connectivity index (χ3v) is 8.15. The van der Waals surface area contributed by atoms with Gasteiger partial charge in [-0.2, -0.15) is 0 Å². The molecule has 9 heteroatoms. The Bertz CT molecular complexity index is 1620. The number of carbonyl (C=O) groups excluding carboxylic acids is 2. The van der Waals surface area contributed by atoms with Crippen LogP contribution in [0, 0.1) is 0 Å². The van der Waals surface area contributed by atoms with Crippen LogP contribution in [0.5, 0.6) is 5.75 Å². The highest BCUT2D eigenvalue weighted by Crippen LogP contribution is 2.35. The summed E-state index contributed by atoms with van der Waals surface area (Å²) < 4.78 is 33.1. The van der Waals surface area contributed by atoms with Gasteiger partial charge in [0.15, 0.2) is 0 Å². The molecule has 0 unspecified atom stereocenters. The van der Waals surface area contributed by atoms with Crippen LogP contribution in [0.25, 0.3) is 10.8 Å². The summed E-state index contributed by atoms with van der Waals surface area (Å²) in [6, 6.07) is 24.2. The molecule has 0 fully saturated rings. The van der Waals surface area contributed by atoms with Crippen molar-refractivity contribution in [1.29, 1.82) is 0 Å². The molecule has 4 aromatic carbocycles. The number of urea groups is 1. The van der Waals surface area contributed by atoms with Gasteiger partial charge in [0.2, 0.25) is 0 Å². The Labute approximate surface area is 215 Å². The lowest BCUT2D eigenvalue weighted by Gasteiger charge is -2.34. The van der Waals surface area contributed by atoms with E-state index in [4.69, 9.17) is 4.74 Å². The summed E-state index contributed by atoms with van der Waals surface area (Å²) in [5.74, 6) is 0.288. The van der Waals surface area contributed by atoms with E-state index in [-0.39, 0.29) is 29.2 Å². The van der Waals surface area contributed by atoms with E-state index in [0.29, 0.717) is 11.3 Å². The average molecular weight is 516 g/mol. The van der Waals surface area contributed by atoms with Crippen LogP contribution in [0.3, 0.4) is 0 Å². The van der Waals surface area contributed by atoms with Crippen molar-refractivity contribution in [1.82, 2.24) is 9.62 Å². The largest absolute Gasteiger partial charge is 0.497 e. The molecule has 1 heterocycles. The third kappa shape index (κ3) is 4.61. The molecule has 0 aliphatic carbocycles. The molecule has 0 bridgehead atoms. The molecular weight excluding hydrogens is 490 g/mol. The van der Waals surface area contributed by atoms with Crippen LogP contribution in [-0.4, -0.2) is 38.8 Å². The van der Waals surface area contributed by atoms with Gasteiger partial charge in [0.25, 0.3) is 15.9 Å². The molecule has 8 nitrogen and oxygen atoms in total. The molecule has 3 amide bonds. The van der Waals surface area contributed by atoms with Crippen molar-refractivity contribution in [2.24, 2.45) is 0 Å². The Morgan fingerprint density at radius 2 is 1.59 bits per heavy atom. The number of methoxy groups -OCH3 is 1. The molecule has 1 aliphatic rings. The monoisotopic (exact) mass is 515 g/mol. The van der Waals surface area contributed by atoms with Crippen LogP contribution in [-0.2, 0) is 23.1 Å². The molecule has 188 valence electrons. The van der Waals surface area contributed by atoms with E-state index < -0.39 is 22.0 Å². The molecule has 1 N–H and O–H groups in total. The zero-order valence-corrected chi connectivity index (χ0v) is 21.2. The molecular formula is C28H25N3O5S. The maximum atomic E-state index is 13.6. The van der Waals surface area contributed by atoms with Gasteiger partial charge in [-0.05, 0) is 58.3 Å². The van der Waals surface area contributed by atoms with Crippen LogP contribution in [0.15, 0.2) is 89.8 Å². The number of nitrogens with zero attached hydrogens (tertiary/aromatic N) is 2. The zero-order chi connectivity index (χ0) is 26.2. The minimum atomic E-state index is -4.20. The smallest absolute Gasteiger partial charge is 0.338 e. The number of nitrogens with one attached hydrogen (secondary N) is 1. The topological polar surface area (TPSA) is 96.0 Å². The Morgan fingerprint density at radius 1 is 0.892 bits per heavy atom. The highest BCUT2D eigenvalue weighted by atomic mass is 32.2. The summed E-state index contributed by atoms with van der Waals surface area (Å²) in [5, 5.41) is 4.78. The van der Waals surface area contributed by atoms with Gasteiger partial charge >= 0.3 is 6.03 Å². The van der Waals surface area contributed by atoms with Gasteiger partial charge in [0, 0.05) is 19.2 Å². The first kappa shape index (κ1) is 24.3. The van der Waals surface area contributed by atoms with Gasteiger partial charge in [-0.3, -0.25) is 9.69 Å². The summed E-state index contributed by atoms with van der Waals surface area (Å²) in [7, 11) is -1.10. The lowest BCUT2D eigenvalue weighted by atomic mass is 10.1. The molecule has 5 rings (SSSR count). The van der Waals surface area contributed by atoms with Crippen LogP contribution in [0.2, 0.25) is 0 Å². The Morgan fingerprint density at radius 3 is 2.32 bits per heavy atom. The fourth-order valence-electron chi connectivity index (χ4n) is 4.31. The normalized spacial score (nSPS) is 14.4. The molecule has 0 atom stereocenters. The van der Waals surface area contributed by atoms with Crippen molar-refractivity contribution in [3.8, 4) is 5.75 Å². The molecule has 0 saturated heterocycles. The second-order valence-corrected chi connectivity index (χ2v) is 10.6. The van der Waals surface area contributed by atoms with Gasteiger partial charge in [-0.1, -0.05) is 48.5 Å². The van der Waals surface area contributed by atoms with Gasteiger partial charge in [-0.15, -0.1) is 0 Å². The molecule has 37 heavy (non-hydrogen) atoms. The van der Waals surface area contributed by atoms with Gasteiger partial charge in [-0.25, -0.2) is 17.5 Å². The first-order valence-electron chi connectivity index (χ1n) is 11.6. The molecule has 0 aromatic heterocycles. The summed E-state index contributed by atoms with van der Waals surface area (Å²) in [6.45, 7) is 0.142. The standard InChI is InChI=1S/C28H25N3O5S/c1-30-25-14-11-23(27(32)29-17-19-8-12-24(36-2)13-9-19)16-26(25)37(34,35)31(28(30)33)18-20-7-10-21-5-3-4-6-22(21)15-20/h3-16H,17-18H2,1-2H3,(H,29,32). The van der Waals surface area contributed by atoms with Gasteiger partial charge in [0.1, 0.15) is 10.6 Å². The lowest BCUT2D eigenvalue weighted by Crippen LogP contribution is -2.48. The minimum Gasteiger partial charge on any atom is -0.497 e. The number of carbonyl (C=O) groups is 2. The maximum Gasteiger partial charge on any atom is 0.338 e. The Hall–Kier alpha value is -4.37. The summed E-state index contributed by atoms with van der Waals surface area (Å²) in [4.78, 5) is 27.1. The number of anilines is 1. The number of hydrogen-bond donors (Lipinski definition) is 1. The summed E-state index contributed by atoms with van der Waals surface area (Å²) in [5.41, 5.74) is 1.96. The number of amides is 3. The number of fused-ring (bicyclic) bond motifs is 2. The number of sulfonamides is 1. The second-order valence-electron chi connectivity index (χ2n) is 8.75. The van der Waals surface area contributed by atoms with Crippen molar-refractivity contribution >= 4 is 38.4 Å². The van der Waals surface area contributed by atoms with Crippen LogP contribution in [0.1, 0.15) is 21.5 Å². The maximum absolute atomic E-state index is 13.6. The highest BCUT2D eigenvalue weighted by molar-refractivity contribution is 7.90. The van der Waals surface area contributed by atoms with Crippen molar-refractivity contribution in [3.05, 3.63) is 102 Å². The predicted molar refractivity (Wildman–Crippen MR) is 141 cm³/mol. The minimum absolute atomic E-state index is 0.0903. The van der Waals surface area contributed by atoms with Crippen LogP contribution in [0.4, 0.5) is 10.5 Å². The SMILES string of the molecule is COc1ccc(CNC(=O)c2ccc3c(c2)S(=O)(=O)N(Cc2ccc4ccccc4c2)C(=O)N3C)cc1. The third-order valence-electron chi connectivity index (χ3n) is 6.40. The van der Waals surface area contributed by atoms with E-state index in [1.54, 1.807) is 19.2 Å². The summed E-state index contributed by atoms with van der Waals surface area (Å²) in [6.07, 6.45) is 0. The van der Waals surface area contributed by atoms with Crippen LogP contribution >= 0.6 is 0 Å². The van der Waals surface area contributed by atoms with Crippen molar-refractivity contribution in [2.45, 2.75) is 18.0 Å². The number of ether oxygens (including phenoxy) is 1. The molecule has 0 saturated carbocycles. The van der Waals surface area contributed by atoms with Crippen molar-refractivity contribution < 1.29 is 22.7 Å². The first-order valence-corrected chi connectivity index (χ1v) is 13.1. The molecule has 1 aliphatic heterocycles. The zero-order valence-electron chi connectivity index (χ0n) is 20.3. The number of rotatable bonds is 6. The van der Waals surface area contributed by atoms with E-state index in [9.17, 15) is 18.0 Å². The lowest BCUT2D eigenvalue weighted by molar-refractivity contribution is 0.0950. The van der Waals surface area contributed by atoms with Gasteiger partial charge in [0.05, 0.1) is 19.3 Å². The second kappa shape index (κ2) is 9.59. The fraction of sp³-hybridized carbons (Fsp3) is 0.143. The van der Waals surface area contributed by atoms with E-state index in [0.717, 1.165) is 20.6 Å². The molecule has 4 aromatic rings. The average Bonchev–Trinajstić information content (AvgIpc) is 2.93. The first-order chi connectivity index (χ1) is 17.8. The Kier molecular flexibility index (Phi) is 6.31. The van der Waals surface area contributed by atoms with E-state index in [1.807, 2.05) is 54.6 Å². The van der Waals surface area contributed by atoms with Crippen molar-refractivity contribution in [2.75, 3.05) is 19.1 Å². The van der Waals surface area contributed by atoms with Crippen LogP contribution < -0.4 is 15.0 Å². The highest BCUT2D eigenvalue weighted by Gasteiger charge is 2.40. The van der Waals surface area contributed by atoms with E-state index in [1.165, 1.54) is 30.1 Å². The fourth-order valence-corrected chi connectivity index (χ4v) is 5.94. The molecule has 0 radical (unpaired) electrons. The Balaban J connectivity index is 1.41. The number of benzene rings is 4. The molecule has 0 spiro atoms. The van der Waals surface area contributed by atoms with E-state index >= 15 is 0 Å². The van der Waals surface area contributed by atoms with Crippen molar-refractivity contribution in [3.63, 3.8) is 0 Å². The van der Waals surface area contributed by atoms with Gasteiger partial charge < -0.3 is 10.1 Å².